The fourth-order valence-corrected chi connectivity index (χ4v) is 4.37. The fraction of sp³-hybridized carbons (Fsp3) is 0.292. The maximum absolute atomic E-state index is 12.4. The van der Waals surface area contributed by atoms with Gasteiger partial charge in [-0.1, -0.05) is 62.9 Å². The zero-order valence-electron chi connectivity index (χ0n) is 16.4. The highest BCUT2D eigenvalue weighted by Crippen LogP contribution is 2.52. The first-order chi connectivity index (χ1) is 13.5. The molecule has 1 atom stereocenters. The van der Waals surface area contributed by atoms with Gasteiger partial charge in [0.15, 0.2) is 0 Å². The molecule has 2 heterocycles. The molecule has 4 nitrogen and oxygen atoms in total. The minimum absolute atomic E-state index is 0.0926. The van der Waals surface area contributed by atoms with Crippen molar-refractivity contribution in [3.63, 3.8) is 0 Å². The van der Waals surface area contributed by atoms with Crippen LogP contribution in [0.15, 0.2) is 67.3 Å². The van der Waals surface area contributed by atoms with Crippen LogP contribution >= 0.6 is 0 Å². The first kappa shape index (κ1) is 18.4. The summed E-state index contributed by atoms with van der Waals surface area (Å²) in [6, 6.07) is 16.4. The number of carbonyl (C=O) groups excluding carboxylic acids is 1. The Morgan fingerprint density at radius 1 is 1.18 bits per heavy atom. The van der Waals surface area contributed by atoms with Gasteiger partial charge >= 0.3 is 0 Å². The smallest absolute Gasteiger partial charge is 0.223 e. The zero-order valence-corrected chi connectivity index (χ0v) is 16.4. The van der Waals surface area contributed by atoms with Crippen LogP contribution in [0.1, 0.15) is 31.4 Å². The molecule has 2 aliphatic rings. The Hall–Kier alpha value is -3.01. The molecule has 0 saturated carbocycles. The van der Waals surface area contributed by atoms with Crippen LogP contribution in [0, 0.1) is 0 Å². The highest BCUT2D eigenvalue weighted by Gasteiger charge is 2.57. The Balaban J connectivity index is 1.70. The fourth-order valence-electron chi connectivity index (χ4n) is 4.37. The first-order valence-electron chi connectivity index (χ1n) is 9.69. The van der Waals surface area contributed by atoms with E-state index >= 15 is 0 Å². The van der Waals surface area contributed by atoms with Gasteiger partial charge in [-0.3, -0.25) is 4.79 Å². The average molecular weight is 374 g/mol. The number of hydrogen-bond acceptors (Lipinski definition) is 3. The molecule has 0 aromatic heterocycles. The largest absolute Gasteiger partial charge is 0.490 e. The van der Waals surface area contributed by atoms with E-state index in [1.165, 1.54) is 11.3 Å². The van der Waals surface area contributed by atoms with Crippen molar-refractivity contribution >= 4 is 17.7 Å². The summed E-state index contributed by atoms with van der Waals surface area (Å²) in [4.78, 5) is 14.7. The lowest BCUT2D eigenvalue weighted by molar-refractivity contribution is -0.124. The predicted molar refractivity (Wildman–Crippen MR) is 113 cm³/mol. The molecule has 1 fully saturated rings. The lowest BCUT2D eigenvalue weighted by Crippen LogP contribution is -2.68. The zero-order chi connectivity index (χ0) is 19.8. The predicted octanol–water partition coefficient (Wildman–Crippen LogP) is 4.28. The second-order valence-electron chi connectivity index (χ2n) is 7.86. The number of para-hydroxylation sites is 1. The lowest BCUT2D eigenvalue weighted by atomic mass is 9.74. The van der Waals surface area contributed by atoms with Gasteiger partial charge in [-0.25, -0.2) is 0 Å². The second-order valence-corrected chi connectivity index (χ2v) is 7.86. The van der Waals surface area contributed by atoms with Crippen LogP contribution in [0.3, 0.4) is 0 Å². The molecule has 1 amide bonds. The summed E-state index contributed by atoms with van der Waals surface area (Å²) in [7, 11) is 0. The molecule has 1 saturated heterocycles. The quantitative estimate of drug-likeness (QED) is 0.795. The van der Waals surface area contributed by atoms with Crippen LogP contribution in [0.5, 0.6) is 5.75 Å². The normalized spacial score (nSPS) is 22.5. The van der Waals surface area contributed by atoms with Crippen LogP contribution < -0.4 is 15.0 Å². The maximum Gasteiger partial charge on any atom is 0.223 e. The maximum atomic E-state index is 12.4. The molecular formula is C24H26N2O2. The molecule has 1 N–H and O–H groups in total. The van der Waals surface area contributed by atoms with Gasteiger partial charge in [-0.15, -0.1) is 0 Å². The SMILES string of the molecule is C=CCOc1ccc(C=C[C@@]23NC(=O)CCN2c2ccccc2C3(C)C)cc1. The van der Waals surface area contributed by atoms with Gasteiger partial charge in [0.1, 0.15) is 18.0 Å². The number of nitrogens with zero attached hydrogens (tertiary/aromatic N) is 1. The van der Waals surface area contributed by atoms with Crippen molar-refractivity contribution in [1.82, 2.24) is 5.32 Å². The van der Waals surface area contributed by atoms with Gasteiger partial charge in [0.05, 0.1) is 0 Å². The van der Waals surface area contributed by atoms with Crippen molar-refractivity contribution in [1.29, 1.82) is 0 Å². The number of carbonyl (C=O) groups is 1. The van der Waals surface area contributed by atoms with Crippen molar-refractivity contribution in [3.8, 4) is 5.75 Å². The number of hydrogen-bond donors (Lipinski definition) is 1. The summed E-state index contributed by atoms with van der Waals surface area (Å²) < 4.78 is 5.55. The summed E-state index contributed by atoms with van der Waals surface area (Å²) >= 11 is 0. The Kier molecular flexibility index (Phi) is 4.50. The molecule has 2 aromatic carbocycles. The van der Waals surface area contributed by atoms with E-state index in [1.807, 2.05) is 24.3 Å². The van der Waals surface area contributed by atoms with Crippen molar-refractivity contribution in [3.05, 3.63) is 78.4 Å². The Morgan fingerprint density at radius 2 is 1.93 bits per heavy atom. The van der Waals surface area contributed by atoms with Crippen LogP contribution in [0.4, 0.5) is 5.69 Å². The van der Waals surface area contributed by atoms with Gasteiger partial charge < -0.3 is 15.0 Å². The summed E-state index contributed by atoms with van der Waals surface area (Å²) in [6.07, 6.45) is 6.47. The van der Waals surface area contributed by atoms with E-state index in [0.29, 0.717) is 19.6 Å². The minimum Gasteiger partial charge on any atom is -0.490 e. The van der Waals surface area contributed by atoms with Gasteiger partial charge in [-0.05, 0) is 35.4 Å². The van der Waals surface area contributed by atoms with Gasteiger partial charge in [0.2, 0.25) is 5.91 Å². The molecule has 0 unspecified atom stereocenters. The number of anilines is 1. The van der Waals surface area contributed by atoms with Crippen molar-refractivity contribution in [2.45, 2.75) is 31.3 Å². The highest BCUT2D eigenvalue weighted by molar-refractivity contribution is 5.84. The van der Waals surface area contributed by atoms with E-state index < -0.39 is 5.66 Å². The van der Waals surface area contributed by atoms with Crippen molar-refractivity contribution < 1.29 is 9.53 Å². The second kappa shape index (κ2) is 6.86. The van der Waals surface area contributed by atoms with Gasteiger partial charge in [0.25, 0.3) is 0 Å². The van der Waals surface area contributed by atoms with E-state index in [0.717, 1.165) is 11.3 Å². The average Bonchev–Trinajstić information content (AvgIpc) is 2.90. The number of ether oxygens (including phenoxy) is 1. The van der Waals surface area contributed by atoms with E-state index in [9.17, 15) is 4.79 Å². The molecule has 28 heavy (non-hydrogen) atoms. The Labute approximate surface area is 166 Å². The number of nitrogens with one attached hydrogen (secondary N) is 1. The third-order valence-corrected chi connectivity index (χ3v) is 5.90. The monoisotopic (exact) mass is 374 g/mol. The number of amides is 1. The molecule has 0 bridgehead atoms. The van der Waals surface area contributed by atoms with Crippen molar-refractivity contribution in [2.24, 2.45) is 0 Å². The molecule has 4 rings (SSSR count). The number of rotatable bonds is 5. The van der Waals surface area contributed by atoms with E-state index in [4.69, 9.17) is 4.74 Å². The van der Waals surface area contributed by atoms with E-state index in [1.54, 1.807) is 6.08 Å². The molecule has 0 radical (unpaired) electrons. The molecule has 2 aliphatic heterocycles. The molecule has 144 valence electrons. The van der Waals surface area contributed by atoms with Gasteiger partial charge in [0, 0.05) is 24.1 Å². The summed E-state index contributed by atoms with van der Waals surface area (Å²) in [5, 5.41) is 3.30. The third-order valence-electron chi connectivity index (χ3n) is 5.90. The Morgan fingerprint density at radius 3 is 2.68 bits per heavy atom. The standard InChI is InChI=1S/C24H26N2O2/c1-4-17-28-19-11-9-18(10-12-19)13-15-24-23(2,3)20-7-5-6-8-21(20)26(24)16-14-22(27)25-24/h4-13,15H,1,14,16-17H2,2-3H3,(H,25,27)/t24-/m1/s1. The van der Waals surface area contributed by atoms with Gasteiger partial charge in [-0.2, -0.15) is 0 Å². The molecule has 0 aliphatic carbocycles. The number of fused-ring (bicyclic) bond motifs is 3. The topological polar surface area (TPSA) is 41.6 Å². The minimum atomic E-state index is -0.579. The third kappa shape index (κ3) is 2.80. The van der Waals surface area contributed by atoms with Crippen LogP contribution in [-0.4, -0.2) is 24.7 Å². The Bertz CT molecular complexity index is 930. The van der Waals surface area contributed by atoms with Crippen LogP contribution in [0.25, 0.3) is 6.08 Å². The van der Waals surface area contributed by atoms with Crippen LogP contribution in [0.2, 0.25) is 0 Å². The van der Waals surface area contributed by atoms with E-state index in [-0.39, 0.29) is 11.3 Å². The van der Waals surface area contributed by atoms with E-state index in [2.05, 4.69) is 67.1 Å². The summed E-state index contributed by atoms with van der Waals surface area (Å²) in [5.41, 5.74) is 2.68. The highest BCUT2D eigenvalue weighted by atomic mass is 16.5. The summed E-state index contributed by atoms with van der Waals surface area (Å²) in [6.45, 7) is 9.28. The van der Waals surface area contributed by atoms with Crippen molar-refractivity contribution in [2.75, 3.05) is 18.1 Å². The number of benzene rings is 2. The molecular weight excluding hydrogens is 348 g/mol. The lowest BCUT2D eigenvalue weighted by Gasteiger charge is -2.49. The van der Waals surface area contributed by atoms with Crippen LogP contribution in [-0.2, 0) is 10.2 Å². The summed E-state index contributed by atoms with van der Waals surface area (Å²) in [5.74, 6) is 0.909. The molecule has 0 spiro atoms. The first-order valence-corrected chi connectivity index (χ1v) is 9.69. The molecule has 4 heteroatoms. The molecule has 2 aromatic rings.